The van der Waals surface area contributed by atoms with Crippen LogP contribution in [0.4, 0.5) is 0 Å². The third-order valence-corrected chi connectivity index (χ3v) is 4.73. The van der Waals surface area contributed by atoms with E-state index in [1.54, 1.807) is 11.3 Å². The van der Waals surface area contributed by atoms with Gasteiger partial charge in [0.25, 0.3) is 0 Å². The molecule has 4 heteroatoms. The van der Waals surface area contributed by atoms with Gasteiger partial charge in [-0.15, -0.1) is 11.3 Å². The molecular weight excluding hydrogens is 296 g/mol. The summed E-state index contributed by atoms with van der Waals surface area (Å²) in [5, 5.41) is 2.10. The van der Waals surface area contributed by atoms with Crippen LogP contribution in [-0.4, -0.2) is 4.57 Å². The number of hydrogen-bond acceptors (Lipinski definition) is 2. The third kappa shape index (κ3) is 3.21. The molecule has 1 atom stereocenters. The average Bonchev–Trinajstić information content (AvgIpc) is 2.90. The van der Waals surface area contributed by atoms with Gasteiger partial charge >= 0.3 is 0 Å². The molecule has 0 saturated carbocycles. The Balaban J connectivity index is 2.06. The van der Waals surface area contributed by atoms with E-state index in [0.717, 1.165) is 19.4 Å². The minimum absolute atomic E-state index is 0.174. The Morgan fingerprint density at radius 2 is 2.29 bits per heavy atom. The van der Waals surface area contributed by atoms with Crippen LogP contribution in [0.5, 0.6) is 0 Å². The molecule has 2 N–H and O–H groups in total. The molecule has 2 aromatic heterocycles. The fourth-order valence-electron chi connectivity index (χ4n) is 1.86. The first-order chi connectivity index (χ1) is 8.20. The van der Waals surface area contributed by atoms with Gasteiger partial charge in [0.05, 0.1) is 6.54 Å². The van der Waals surface area contributed by atoms with Crippen LogP contribution < -0.4 is 5.73 Å². The fourth-order valence-corrected chi connectivity index (χ4v) is 3.34. The first-order valence-corrected chi connectivity index (χ1v) is 7.51. The van der Waals surface area contributed by atoms with Crippen LogP contribution in [0.3, 0.4) is 0 Å². The number of rotatable bonds is 5. The van der Waals surface area contributed by atoms with Gasteiger partial charge in [0.2, 0.25) is 0 Å². The van der Waals surface area contributed by atoms with Gasteiger partial charge in [0.1, 0.15) is 0 Å². The Labute approximate surface area is 115 Å². The Morgan fingerprint density at radius 3 is 2.94 bits per heavy atom. The summed E-state index contributed by atoms with van der Waals surface area (Å²) < 4.78 is 3.39. The van der Waals surface area contributed by atoms with E-state index in [2.05, 4.69) is 57.3 Å². The normalized spacial score (nSPS) is 12.9. The van der Waals surface area contributed by atoms with Crippen LogP contribution in [0.25, 0.3) is 0 Å². The highest BCUT2D eigenvalue weighted by molar-refractivity contribution is 9.10. The van der Waals surface area contributed by atoms with Crippen molar-refractivity contribution >= 4 is 27.3 Å². The van der Waals surface area contributed by atoms with Crippen molar-refractivity contribution in [2.24, 2.45) is 5.73 Å². The molecule has 0 aliphatic carbocycles. The fraction of sp³-hybridized carbons (Fsp3) is 0.385. The van der Waals surface area contributed by atoms with Crippen molar-refractivity contribution in [1.82, 2.24) is 4.57 Å². The van der Waals surface area contributed by atoms with Crippen LogP contribution in [0.2, 0.25) is 0 Å². The molecule has 2 heterocycles. The highest BCUT2D eigenvalue weighted by Crippen LogP contribution is 2.24. The zero-order chi connectivity index (χ0) is 12.3. The lowest BCUT2D eigenvalue weighted by Crippen LogP contribution is -2.08. The molecular formula is C13H17BrN2S. The Bertz CT molecular complexity index is 475. The van der Waals surface area contributed by atoms with Gasteiger partial charge in [-0.25, -0.2) is 0 Å². The molecule has 1 unspecified atom stereocenters. The number of nitrogens with zero attached hydrogens (tertiary/aromatic N) is 1. The van der Waals surface area contributed by atoms with Crippen molar-refractivity contribution < 1.29 is 0 Å². The number of hydrogen-bond donors (Lipinski definition) is 1. The van der Waals surface area contributed by atoms with E-state index in [1.807, 2.05) is 0 Å². The maximum absolute atomic E-state index is 6.10. The monoisotopic (exact) mass is 312 g/mol. The maximum Gasteiger partial charge on any atom is 0.0574 e. The van der Waals surface area contributed by atoms with Crippen molar-refractivity contribution in [1.29, 1.82) is 0 Å². The predicted molar refractivity (Wildman–Crippen MR) is 77.4 cm³/mol. The first-order valence-electron chi connectivity index (χ1n) is 5.84. The summed E-state index contributed by atoms with van der Waals surface area (Å²) in [6, 6.07) is 4.39. The highest BCUT2D eigenvalue weighted by Gasteiger charge is 2.07. The highest BCUT2D eigenvalue weighted by atomic mass is 79.9. The molecule has 0 saturated heterocycles. The van der Waals surface area contributed by atoms with Gasteiger partial charge in [-0.05, 0) is 45.4 Å². The summed E-state index contributed by atoms with van der Waals surface area (Å²) in [4.78, 5) is 1.34. The molecule has 0 amide bonds. The van der Waals surface area contributed by atoms with Crippen molar-refractivity contribution in [2.45, 2.75) is 32.4 Å². The molecule has 0 fully saturated rings. The van der Waals surface area contributed by atoms with Crippen LogP contribution in [0.15, 0.2) is 34.4 Å². The van der Waals surface area contributed by atoms with E-state index in [1.165, 1.54) is 14.9 Å². The molecule has 0 aliphatic rings. The van der Waals surface area contributed by atoms with E-state index in [-0.39, 0.29) is 6.04 Å². The molecule has 0 radical (unpaired) electrons. The lowest BCUT2D eigenvalue weighted by atomic mass is 10.1. The summed E-state index contributed by atoms with van der Waals surface area (Å²) in [7, 11) is 0. The summed E-state index contributed by atoms with van der Waals surface area (Å²) >= 11 is 5.33. The average molecular weight is 313 g/mol. The van der Waals surface area contributed by atoms with Crippen molar-refractivity contribution in [3.05, 3.63) is 44.8 Å². The third-order valence-electron chi connectivity index (χ3n) is 2.82. The summed E-state index contributed by atoms with van der Waals surface area (Å²) in [5.74, 6) is 0. The minimum Gasteiger partial charge on any atom is -0.349 e. The topological polar surface area (TPSA) is 30.9 Å². The van der Waals surface area contributed by atoms with Crippen LogP contribution in [0, 0.1) is 0 Å². The predicted octanol–water partition coefficient (Wildman–Crippen LogP) is 4.16. The van der Waals surface area contributed by atoms with Crippen molar-refractivity contribution in [2.75, 3.05) is 0 Å². The van der Waals surface area contributed by atoms with Gasteiger partial charge in [0.15, 0.2) is 0 Å². The van der Waals surface area contributed by atoms with Crippen LogP contribution in [-0.2, 0) is 6.54 Å². The standard InChI is InChI=1S/C13H17BrN2S/c1-2-3-12(15)10-4-6-16(8-10)9-13-11(14)5-7-17-13/h4-8,12H,2-3,9,15H2,1H3. The number of aromatic nitrogens is 1. The lowest BCUT2D eigenvalue weighted by Gasteiger charge is -2.07. The molecule has 2 nitrogen and oxygen atoms in total. The van der Waals surface area contributed by atoms with Gasteiger partial charge in [-0.2, -0.15) is 0 Å². The number of halogens is 1. The molecule has 0 bridgehead atoms. The quantitative estimate of drug-likeness (QED) is 0.883. The zero-order valence-corrected chi connectivity index (χ0v) is 12.3. The van der Waals surface area contributed by atoms with Crippen LogP contribution >= 0.6 is 27.3 Å². The van der Waals surface area contributed by atoms with E-state index in [4.69, 9.17) is 5.73 Å². The van der Waals surface area contributed by atoms with E-state index >= 15 is 0 Å². The van der Waals surface area contributed by atoms with Gasteiger partial charge in [-0.1, -0.05) is 13.3 Å². The second-order valence-electron chi connectivity index (χ2n) is 4.20. The second kappa shape index (κ2) is 5.85. The molecule has 2 aromatic rings. The Kier molecular flexibility index (Phi) is 4.42. The lowest BCUT2D eigenvalue weighted by molar-refractivity contribution is 0.636. The molecule has 2 rings (SSSR count). The van der Waals surface area contributed by atoms with Crippen LogP contribution in [0.1, 0.15) is 36.2 Å². The summed E-state index contributed by atoms with van der Waals surface area (Å²) in [6.07, 6.45) is 6.44. The van der Waals surface area contributed by atoms with E-state index < -0.39 is 0 Å². The second-order valence-corrected chi connectivity index (χ2v) is 6.06. The number of nitrogens with two attached hydrogens (primary N) is 1. The van der Waals surface area contributed by atoms with Crippen molar-refractivity contribution in [3.8, 4) is 0 Å². The molecule has 0 spiro atoms. The smallest absolute Gasteiger partial charge is 0.0574 e. The Hall–Kier alpha value is -0.580. The van der Waals surface area contributed by atoms with Crippen molar-refractivity contribution in [3.63, 3.8) is 0 Å². The molecule has 0 aromatic carbocycles. The van der Waals surface area contributed by atoms with E-state index in [0.29, 0.717) is 0 Å². The summed E-state index contributed by atoms with van der Waals surface area (Å²) in [6.45, 7) is 3.08. The number of thiophene rings is 1. The molecule has 0 aliphatic heterocycles. The van der Waals surface area contributed by atoms with Gasteiger partial charge in [0, 0.05) is 27.8 Å². The van der Waals surface area contributed by atoms with Gasteiger partial charge in [-0.3, -0.25) is 0 Å². The molecule has 92 valence electrons. The Morgan fingerprint density at radius 1 is 1.47 bits per heavy atom. The molecule has 17 heavy (non-hydrogen) atoms. The SMILES string of the molecule is CCCC(N)c1ccn(Cc2sccc2Br)c1. The largest absolute Gasteiger partial charge is 0.349 e. The summed E-state index contributed by atoms with van der Waals surface area (Å²) in [5.41, 5.74) is 7.34. The minimum atomic E-state index is 0.174. The first kappa shape index (κ1) is 12.9. The maximum atomic E-state index is 6.10. The van der Waals surface area contributed by atoms with E-state index in [9.17, 15) is 0 Å². The van der Waals surface area contributed by atoms with Gasteiger partial charge < -0.3 is 10.3 Å². The zero-order valence-electron chi connectivity index (χ0n) is 9.90.